The van der Waals surface area contributed by atoms with E-state index in [0.29, 0.717) is 22.4 Å². The van der Waals surface area contributed by atoms with E-state index >= 15 is 0 Å². The molecule has 0 atom stereocenters. The number of nitrogens with zero attached hydrogens (tertiary/aromatic N) is 1. The van der Waals surface area contributed by atoms with E-state index in [1.54, 1.807) is 28.8 Å². The van der Waals surface area contributed by atoms with E-state index in [2.05, 4.69) is 4.98 Å². The molecule has 0 spiro atoms. The highest BCUT2D eigenvalue weighted by atomic mass is 32.1. The minimum absolute atomic E-state index is 0.277. The first-order valence-corrected chi connectivity index (χ1v) is 6.17. The van der Waals surface area contributed by atoms with Gasteiger partial charge in [-0.2, -0.15) is 0 Å². The third-order valence-corrected chi connectivity index (χ3v) is 3.34. The summed E-state index contributed by atoms with van der Waals surface area (Å²) in [5, 5.41) is 0. The molecule has 1 aromatic heterocycles. The van der Waals surface area contributed by atoms with Gasteiger partial charge in [0.05, 0.1) is 17.6 Å². The standard InChI is InChI=1S/C14H10F2N2S/c15-10-5-6-13-12(7-10)17-14(19)18(13)8-9-3-1-2-4-11(9)16/h1-7H,8H2,(H,17,19). The van der Waals surface area contributed by atoms with Gasteiger partial charge in [0.25, 0.3) is 0 Å². The lowest BCUT2D eigenvalue weighted by Gasteiger charge is -2.05. The SMILES string of the molecule is Fc1ccc2c(c1)[nH]c(=S)n2Cc1ccccc1F. The molecule has 2 nitrogen and oxygen atoms in total. The summed E-state index contributed by atoms with van der Waals surface area (Å²) in [5.41, 5.74) is 1.92. The van der Waals surface area contributed by atoms with Crippen molar-refractivity contribution in [2.75, 3.05) is 0 Å². The molecule has 19 heavy (non-hydrogen) atoms. The van der Waals surface area contributed by atoms with Crippen molar-refractivity contribution in [2.24, 2.45) is 0 Å². The zero-order chi connectivity index (χ0) is 13.4. The van der Waals surface area contributed by atoms with Crippen molar-refractivity contribution in [1.29, 1.82) is 0 Å². The number of benzene rings is 2. The quantitative estimate of drug-likeness (QED) is 0.701. The predicted octanol–water partition coefficient (Wildman–Crippen LogP) is 4.03. The highest BCUT2D eigenvalue weighted by Gasteiger charge is 2.08. The molecule has 96 valence electrons. The van der Waals surface area contributed by atoms with Gasteiger partial charge in [-0.25, -0.2) is 8.78 Å². The van der Waals surface area contributed by atoms with Gasteiger partial charge >= 0.3 is 0 Å². The zero-order valence-electron chi connectivity index (χ0n) is 9.86. The molecule has 0 unspecified atom stereocenters. The van der Waals surface area contributed by atoms with Crippen LogP contribution >= 0.6 is 12.2 Å². The van der Waals surface area contributed by atoms with Crippen molar-refractivity contribution >= 4 is 23.3 Å². The molecule has 0 aliphatic rings. The first-order valence-electron chi connectivity index (χ1n) is 5.76. The normalized spacial score (nSPS) is 11.1. The Balaban J connectivity index is 2.13. The van der Waals surface area contributed by atoms with Gasteiger partial charge in [0.15, 0.2) is 4.77 Å². The van der Waals surface area contributed by atoms with E-state index < -0.39 is 0 Å². The second-order valence-electron chi connectivity index (χ2n) is 4.27. The summed E-state index contributed by atoms with van der Waals surface area (Å²) in [4.78, 5) is 2.92. The second kappa shape index (κ2) is 4.59. The molecular weight excluding hydrogens is 266 g/mol. The van der Waals surface area contributed by atoms with E-state index in [1.165, 1.54) is 18.2 Å². The Bertz CT molecular complexity index is 805. The van der Waals surface area contributed by atoms with Gasteiger partial charge in [-0.15, -0.1) is 0 Å². The number of halogens is 2. The number of nitrogens with one attached hydrogen (secondary N) is 1. The number of hydrogen-bond donors (Lipinski definition) is 1. The highest BCUT2D eigenvalue weighted by Crippen LogP contribution is 2.18. The molecular formula is C14H10F2N2S. The van der Waals surface area contributed by atoms with E-state index in [1.807, 2.05) is 0 Å². The number of fused-ring (bicyclic) bond motifs is 1. The van der Waals surface area contributed by atoms with Crippen LogP contribution in [0.4, 0.5) is 8.78 Å². The molecule has 1 N–H and O–H groups in total. The van der Waals surface area contributed by atoms with Crippen molar-refractivity contribution in [3.8, 4) is 0 Å². The maximum Gasteiger partial charge on any atom is 0.178 e. The van der Waals surface area contributed by atoms with Gasteiger partial charge in [-0.05, 0) is 36.5 Å². The second-order valence-corrected chi connectivity index (χ2v) is 4.66. The molecule has 0 radical (unpaired) electrons. The Kier molecular flexibility index (Phi) is 2.91. The third kappa shape index (κ3) is 2.17. The van der Waals surface area contributed by atoms with E-state index in [4.69, 9.17) is 12.2 Å². The van der Waals surface area contributed by atoms with Gasteiger partial charge < -0.3 is 9.55 Å². The van der Waals surface area contributed by atoms with Gasteiger partial charge in [0, 0.05) is 5.56 Å². The van der Waals surface area contributed by atoms with Crippen LogP contribution in [0.25, 0.3) is 11.0 Å². The Morgan fingerprint density at radius 2 is 1.89 bits per heavy atom. The van der Waals surface area contributed by atoms with Gasteiger partial charge in [-0.1, -0.05) is 18.2 Å². The molecule has 0 fully saturated rings. The minimum Gasteiger partial charge on any atom is -0.330 e. The molecule has 0 aliphatic heterocycles. The summed E-state index contributed by atoms with van der Waals surface area (Å²) in [5.74, 6) is -0.609. The lowest BCUT2D eigenvalue weighted by Crippen LogP contribution is -2.01. The highest BCUT2D eigenvalue weighted by molar-refractivity contribution is 7.71. The van der Waals surface area contributed by atoms with Crippen LogP contribution in [0, 0.1) is 16.4 Å². The van der Waals surface area contributed by atoms with Gasteiger partial charge in [0.1, 0.15) is 11.6 Å². The molecule has 3 aromatic rings. The number of rotatable bonds is 2. The fourth-order valence-corrected chi connectivity index (χ4v) is 2.36. The van der Waals surface area contributed by atoms with Crippen molar-refractivity contribution < 1.29 is 8.78 Å². The molecule has 0 saturated carbocycles. The molecule has 0 bridgehead atoms. The van der Waals surface area contributed by atoms with Crippen LogP contribution in [-0.2, 0) is 6.54 Å². The van der Waals surface area contributed by atoms with Crippen molar-refractivity contribution in [2.45, 2.75) is 6.54 Å². The smallest absolute Gasteiger partial charge is 0.178 e. The Labute approximate surface area is 113 Å². The van der Waals surface area contributed by atoms with Crippen LogP contribution in [0.3, 0.4) is 0 Å². The topological polar surface area (TPSA) is 20.7 Å². The Hall–Kier alpha value is -2.01. The van der Waals surface area contributed by atoms with Crippen LogP contribution in [0.5, 0.6) is 0 Å². The summed E-state index contributed by atoms with van der Waals surface area (Å²) in [6.07, 6.45) is 0. The summed E-state index contributed by atoms with van der Waals surface area (Å²) >= 11 is 5.20. The van der Waals surface area contributed by atoms with Crippen molar-refractivity contribution in [1.82, 2.24) is 9.55 Å². The molecule has 0 saturated heterocycles. The van der Waals surface area contributed by atoms with E-state index in [0.717, 1.165) is 5.52 Å². The number of H-pyrrole nitrogens is 1. The molecule has 5 heteroatoms. The largest absolute Gasteiger partial charge is 0.330 e. The average molecular weight is 276 g/mol. The van der Waals surface area contributed by atoms with Crippen LogP contribution < -0.4 is 0 Å². The van der Waals surface area contributed by atoms with E-state index in [-0.39, 0.29) is 11.6 Å². The number of hydrogen-bond acceptors (Lipinski definition) is 1. The number of aromatic amines is 1. The fourth-order valence-electron chi connectivity index (χ4n) is 2.09. The summed E-state index contributed by atoms with van der Waals surface area (Å²) in [6.45, 7) is 0.317. The lowest BCUT2D eigenvalue weighted by molar-refractivity contribution is 0.600. The summed E-state index contributed by atoms with van der Waals surface area (Å²) in [7, 11) is 0. The molecule has 1 heterocycles. The monoisotopic (exact) mass is 276 g/mol. The molecule has 2 aromatic carbocycles. The minimum atomic E-state index is -0.332. The number of imidazole rings is 1. The third-order valence-electron chi connectivity index (χ3n) is 3.02. The molecule has 0 amide bonds. The maximum absolute atomic E-state index is 13.7. The number of aromatic nitrogens is 2. The van der Waals surface area contributed by atoms with Crippen LogP contribution in [0.1, 0.15) is 5.56 Å². The first-order chi connectivity index (χ1) is 9.15. The molecule has 3 rings (SSSR count). The first kappa shape index (κ1) is 12.0. The van der Waals surface area contributed by atoms with Crippen LogP contribution in [0.2, 0.25) is 0 Å². The summed E-state index contributed by atoms with van der Waals surface area (Å²) in [6, 6.07) is 10.9. The lowest BCUT2D eigenvalue weighted by atomic mass is 10.2. The Morgan fingerprint density at radius 1 is 1.11 bits per heavy atom. The van der Waals surface area contributed by atoms with Crippen molar-refractivity contribution in [3.63, 3.8) is 0 Å². The van der Waals surface area contributed by atoms with Crippen LogP contribution in [-0.4, -0.2) is 9.55 Å². The predicted molar refractivity (Wildman–Crippen MR) is 72.6 cm³/mol. The maximum atomic E-state index is 13.7. The zero-order valence-corrected chi connectivity index (χ0v) is 10.7. The van der Waals surface area contributed by atoms with Crippen molar-refractivity contribution in [3.05, 3.63) is 64.4 Å². The fraction of sp³-hybridized carbons (Fsp3) is 0.0714. The Morgan fingerprint density at radius 3 is 2.68 bits per heavy atom. The van der Waals surface area contributed by atoms with Crippen LogP contribution in [0.15, 0.2) is 42.5 Å². The summed E-state index contributed by atoms with van der Waals surface area (Å²) < 4.78 is 29.0. The average Bonchev–Trinajstić information content (AvgIpc) is 2.68. The van der Waals surface area contributed by atoms with Gasteiger partial charge in [0.2, 0.25) is 0 Å². The molecule has 0 aliphatic carbocycles. The van der Waals surface area contributed by atoms with Gasteiger partial charge in [-0.3, -0.25) is 0 Å². The van der Waals surface area contributed by atoms with E-state index in [9.17, 15) is 8.78 Å².